The van der Waals surface area contributed by atoms with Crippen LogP contribution in [0.2, 0.25) is 0 Å². The van der Waals surface area contributed by atoms with Gasteiger partial charge in [-0.2, -0.15) is 0 Å². The number of amides is 1. The summed E-state index contributed by atoms with van der Waals surface area (Å²) in [4.78, 5) is 18.8. The van der Waals surface area contributed by atoms with Crippen LogP contribution in [-0.2, 0) is 10.2 Å². The molecule has 2 rings (SSSR count). The average Bonchev–Trinajstić information content (AvgIpc) is 2.77. The van der Waals surface area contributed by atoms with Gasteiger partial charge in [0.15, 0.2) is 5.96 Å². The van der Waals surface area contributed by atoms with Crippen molar-refractivity contribution in [3.63, 3.8) is 0 Å². The molecule has 3 N–H and O–H groups in total. The smallest absolute Gasteiger partial charge is 0.233 e. The second-order valence-electron chi connectivity index (χ2n) is 7.92. The number of benzene rings is 1. The van der Waals surface area contributed by atoms with E-state index in [-0.39, 0.29) is 35.3 Å². The van der Waals surface area contributed by atoms with E-state index < -0.39 is 0 Å². The third-order valence-corrected chi connectivity index (χ3v) is 6.20. The van der Waals surface area contributed by atoms with Crippen LogP contribution >= 0.6 is 24.0 Å². The molecule has 1 aromatic carbocycles. The first-order valence-electron chi connectivity index (χ1n) is 11.1. The van der Waals surface area contributed by atoms with Gasteiger partial charge < -0.3 is 16.0 Å². The molecule has 1 aliphatic heterocycles. The van der Waals surface area contributed by atoms with E-state index in [0.29, 0.717) is 12.6 Å². The van der Waals surface area contributed by atoms with Crippen molar-refractivity contribution in [1.82, 2.24) is 20.9 Å². The van der Waals surface area contributed by atoms with Crippen molar-refractivity contribution < 1.29 is 4.79 Å². The van der Waals surface area contributed by atoms with Gasteiger partial charge in [0.05, 0.1) is 13.1 Å². The Morgan fingerprint density at radius 3 is 2.30 bits per heavy atom. The third kappa shape index (κ3) is 7.72. The van der Waals surface area contributed by atoms with Gasteiger partial charge in [0.1, 0.15) is 0 Å². The summed E-state index contributed by atoms with van der Waals surface area (Å²) in [5.74, 6) is 0.988. The minimum Gasteiger partial charge on any atom is -0.358 e. The Morgan fingerprint density at radius 1 is 1.13 bits per heavy atom. The summed E-state index contributed by atoms with van der Waals surface area (Å²) in [6, 6.07) is 11.2. The Bertz CT molecular complexity index is 640. The van der Waals surface area contributed by atoms with Gasteiger partial charge in [0.25, 0.3) is 0 Å². The summed E-state index contributed by atoms with van der Waals surface area (Å²) in [7, 11) is 1.69. The van der Waals surface area contributed by atoms with Crippen LogP contribution in [0, 0.1) is 0 Å². The minimum atomic E-state index is 0. The largest absolute Gasteiger partial charge is 0.358 e. The Morgan fingerprint density at radius 2 is 1.77 bits per heavy atom. The fourth-order valence-corrected chi connectivity index (χ4v) is 4.03. The Labute approximate surface area is 199 Å². The molecule has 0 unspecified atom stereocenters. The normalized spacial score (nSPS) is 15.9. The van der Waals surface area contributed by atoms with Crippen LogP contribution < -0.4 is 16.0 Å². The SMILES string of the molecule is CCNC(=NCC(CC)(CC)c1ccccc1)NC1CCN(CC(=O)NC)CC1.I. The van der Waals surface area contributed by atoms with Crippen LogP contribution in [0.5, 0.6) is 0 Å². The minimum absolute atomic E-state index is 0. The van der Waals surface area contributed by atoms with E-state index in [1.54, 1.807) is 7.05 Å². The molecule has 0 saturated carbocycles. The van der Waals surface area contributed by atoms with Gasteiger partial charge in [0, 0.05) is 38.1 Å². The van der Waals surface area contributed by atoms with Crippen LogP contribution in [0.1, 0.15) is 52.0 Å². The molecule has 30 heavy (non-hydrogen) atoms. The van der Waals surface area contributed by atoms with Crippen molar-refractivity contribution in [1.29, 1.82) is 0 Å². The third-order valence-electron chi connectivity index (χ3n) is 6.20. The molecule has 1 fully saturated rings. The highest BCUT2D eigenvalue weighted by Crippen LogP contribution is 2.32. The van der Waals surface area contributed by atoms with Gasteiger partial charge in [-0.25, -0.2) is 0 Å². The zero-order valence-corrected chi connectivity index (χ0v) is 21.4. The number of halogens is 1. The number of rotatable bonds is 9. The predicted octanol–water partition coefficient (Wildman–Crippen LogP) is 3.13. The topological polar surface area (TPSA) is 68.8 Å². The average molecular weight is 530 g/mol. The number of nitrogens with one attached hydrogen (secondary N) is 3. The summed E-state index contributed by atoms with van der Waals surface area (Å²) in [5, 5.41) is 9.75. The van der Waals surface area contributed by atoms with Gasteiger partial charge in [-0.3, -0.25) is 14.7 Å². The number of carbonyl (C=O) groups is 1. The molecule has 170 valence electrons. The number of carbonyl (C=O) groups excluding carboxylic acids is 1. The number of guanidine groups is 1. The molecule has 0 aliphatic carbocycles. The standard InChI is InChI=1S/C23H39N5O.HI/c1-5-23(6-2,19-11-9-8-10-12-19)18-26-22(25-7-3)27-20-13-15-28(16-14-20)17-21(29)24-4;/h8-12,20H,5-7,13-18H2,1-4H3,(H,24,29)(H2,25,26,27);1H. The highest BCUT2D eigenvalue weighted by atomic mass is 127. The number of likely N-dealkylation sites (N-methyl/N-ethyl adjacent to an activating group) is 1. The molecule has 0 bridgehead atoms. The summed E-state index contributed by atoms with van der Waals surface area (Å²) < 4.78 is 0. The van der Waals surface area contributed by atoms with Crippen LogP contribution in [0.25, 0.3) is 0 Å². The molecule has 0 aromatic heterocycles. The Balaban J connectivity index is 0.00000450. The first-order chi connectivity index (χ1) is 14.1. The lowest BCUT2D eigenvalue weighted by molar-refractivity contribution is -0.122. The molecule has 6 nitrogen and oxygen atoms in total. The lowest BCUT2D eigenvalue weighted by Crippen LogP contribution is -2.50. The maximum absolute atomic E-state index is 11.6. The molecule has 1 saturated heterocycles. The van der Waals surface area contributed by atoms with E-state index >= 15 is 0 Å². The number of nitrogens with zero attached hydrogens (tertiary/aromatic N) is 2. The molecule has 1 heterocycles. The summed E-state index contributed by atoms with van der Waals surface area (Å²) >= 11 is 0. The molecule has 1 amide bonds. The first-order valence-corrected chi connectivity index (χ1v) is 11.1. The van der Waals surface area contributed by atoms with E-state index in [9.17, 15) is 4.79 Å². The molecular weight excluding hydrogens is 489 g/mol. The fraction of sp³-hybridized carbons (Fsp3) is 0.652. The lowest BCUT2D eigenvalue weighted by atomic mass is 9.76. The zero-order valence-electron chi connectivity index (χ0n) is 19.0. The van der Waals surface area contributed by atoms with Crippen molar-refractivity contribution >= 4 is 35.8 Å². The fourth-order valence-electron chi connectivity index (χ4n) is 4.03. The molecule has 0 atom stereocenters. The maximum Gasteiger partial charge on any atom is 0.233 e. The van der Waals surface area contributed by atoms with Crippen LogP contribution in [-0.4, -0.2) is 62.6 Å². The predicted molar refractivity (Wildman–Crippen MR) is 137 cm³/mol. The summed E-state index contributed by atoms with van der Waals surface area (Å²) in [6.45, 7) is 10.6. The van der Waals surface area contributed by atoms with Crippen LogP contribution in [0.3, 0.4) is 0 Å². The van der Waals surface area contributed by atoms with Gasteiger partial charge >= 0.3 is 0 Å². The number of piperidine rings is 1. The van der Waals surface area contributed by atoms with Gasteiger partial charge in [0.2, 0.25) is 5.91 Å². The lowest BCUT2D eigenvalue weighted by Gasteiger charge is -2.33. The summed E-state index contributed by atoms with van der Waals surface area (Å²) in [5.41, 5.74) is 1.44. The second-order valence-corrected chi connectivity index (χ2v) is 7.92. The van der Waals surface area contributed by atoms with E-state index in [1.807, 2.05) is 0 Å². The van der Waals surface area contributed by atoms with E-state index in [1.165, 1.54) is 5.56 Å². The summed E-state index contributed by atoms with van der Waals surface area (Å²) in [6.07, 6.45) is 4.17. The van der Waals surface area contributed by atoms with Crippen molar-refractivity contribution in [2.24, 2.45) is 4.99 Å². The number of likely N-dealkylation sites (tertiary alicyclic amines) is 1. The molecular formula is C23H40IN5O. The molecule has 1 aliphatic rings. The molecule has 0 radical (unpaired) electrons. The van der Waals surface area contributed by atoms with Gasteiger partial charge in [-0.1, -0.05) is 44.2 Å². The zero-order chi connectivity index (χ0) is 21.1. The van der Waals surface area contributed by atoms with Crippen molar-refractivity contribution in [2.75, 3.05) is 39.8 Å². The number of hydrogen-bond donors (Lipinski definition) is 3. The van der Waals surface area contributed by atoms with Crippen LogP contribution in [0.4, 0.5) is 0 Å². The highest BCUT2D eigenvalue weighted by molar-refractivity contribution is 14.0. The van der Waals surface area contributed by atoms with E-state index in [2.05, 4.69) is 72.0 Å². The van der Waals surface area contributed by atoms with Gasteiger partial charge in [-0.05, 0) is 38.2 Å². The van der Waals surface area contributed by atoms with E-state index in [4.69, 9.17) is 4.99 Å². The molecule has 0 spiro atoms. The van der Waals surface area contributed by atoms with E-state index in [0.717, 1.165) is 57.8 Å². The van der Waals surface area contributed by atoms with Crippen molar-refractivity contribution in [2.45, 2.75) is 57.9 Å². The monoisotopic (exact) mass is 529 g/mol. The Kier molecular flexibility index (Phi) is 12.3. The van der Waals surface area contributed by atoms with Crippen molar-refractivity contribution in [3.05, 3.63) is 35.9 Å². The first kappa shape index (κ1) is 26.7. The van der Waals surface area contributed by atoms with Gasteiger partial charge in [-0.15, -0.1) is 24.0 Å². The maximum atomic E-state index is 11.6. The quantitative estimate of drug-likeness (QED) is 0.261. The number of hydrogen-bond acceptors (Lipinski definition) is 3. The Hall–Kier alpha value is -1.35. The van der Waals surface area contributed by atoms with Crippen molar-refractivity contribution in [3.8, 4) is 0 Å². The molecule has 7 heteroatoms. The number of aliphatic imine (C=N–C) groups is 1. The second kappa shape index (κ2) is 13.9. The highest BCUT2D eigenvalue weighted by Gasteiger charge is 2.28. The van der Waals surface area contributed by atoms with Crippen LogP contribution in [0.15, 0.2) is 35.3 Å². The molecule has 1 aromatic rings.